The average Bonchev–Trinajstić information content (AvgIpc) is 3.39. The number of benzene rings is 1. The minimum Gasteiger partial charge on any atom is -0.366 e. The third-order valence-corrected chi connectivity index (χ3v) is 5.00. The Balaban J connectivity index is 1.59. The smallest absolute Gasteiger partial charge is 0.276 e. The van der Waals surface area contributed by atoms with Crippen molar-refractivity contribution in [2.24, 2.45) is 13.0 Å². The van der Waals surface area contributed by atoms with E-state index < -0.39 is 0 Å². The fourth-order valence-electron chi connectivity index (χ4n) is 3.29. The molecule has 126 valence electrons. The molecule has 4 rings (SSSR count). The summed E-state index contributed by atoms with van der Waals surface area (Å²) in [6.07, 6.45) is 4.01. The van der Waals surface area contributed by atoms with Gasteiger partial charge in [-0.25, -0.2) is 0 Å². The van der Waals surface area contributed by atoms with Crippen molar-refractivity contribution >= 4 is 17.5 Å². The molecule has 1 amide bonds. The average molecular weight is 346 g/mol. The Morgan fingerprint density at radius 3 is 2.62 bits per heavy atom. The first kappa shape index (κ1) is 15.7. The van der Waals surface area contributed by atoms with E-state index in [-0.39, 0.29) is 18.1 Å². The molecule has 1 aliphatic carbocycles. The number of nitrogens with zero attached hydrogens (tertiary/aromatic N) is 3. The van der Waals surface area contributed by atoms with Gasteiger partial charge in [0.25, 0.3) is 5.91 Å². The second-order valence-electron chi connectivity index (χ2n) is 6.62. The van der Waals surface area contributed by atoms with Crippen LogP contribution in [0.15, 0.2) is 36.5 Å². The molecule has 1 aliphatic heterocycles. The van der Waals surface area contributed by atoms with Crippen LogP contribution in [0.2, 0.25) is 5.02 Å². The van der Waals surface area contributed by atoms with Crippen LogP contribution in [0, 0.1) is 5.92 Å². The molecule has 0 spiro atoms. The molecule has 2 fully saturated rings. The van der Waals surface area contributed by atoms with Crippen molar-refractivity contribution in [2.45, 2.75) is 25.0 Å². The Kier molecular flexibility index (Phi) is 4.06. The van der Waals surface area contributed by atoms with Crippen molar-refractivity contribution in [3.8, 4) is 0 Å². The van der Waals surface area contributed by atoms with Gasteiger partial charge in [-0.2, -0.15) is 5.10 Å². The molecule has 2 atom stereocenters. The lowest BCUT2D eigenvalue weighted by Crippen LogP contribution is -2.48. The highest BCUT2D eigenvalue weighted by atomic mass is 35.5. The molecule has 0 N–H and O–H groups in total. The molecule has 5 nitrogen and oxygen atoms in total. The molecule has 2 aromatic rings. The third-order valence-electron chi connectivity index (χ3n) is 4.72. The summed E-state index contributed by atoms with van der Waals surface area (Å²) in [6, 6.07) is 10.1. The maximum atomic E-state index is 12.9. The van der Waals surface area contributed by atoms with Crippen molar-refractivity contribution < 1.29 is 9.53 Å². The number of aryl methyl sites for hydroxylation is 1. The van der Waals surface area contributed by atoms with Gasteiger partial charge in [0.15, 0.2) is 5.69 Å². The summed E-state index contributed by atoms with van der Waals surface area (Å²) in [5, 5.41) is 4.62. The van der Waals surface area contributed by atoms with Crippen molar-refractivity contribution in [3.05, 3.63) is 52.8 Å². The van der Waals surface area contributed by atoms with Crippen LogP contribution in [-0.4, -0.2) is 39.8 Å². The van der Waals surface area contributed by atoms with E-state index in [4.69, 9.17) is 16.3 Å². The van der Waals surface area contributed by atoms with Gasteiger partial charge >= 0.3 is 0 Å². The minimum absolute atomic E-state index is 0.0930. The molecule has 24 heavy (non-hydrogen) atoms. The van der Waals surface area contributed by atoms with E-state index in [9.17, 15) is 4.79 Å². The second-order valence-corrected chi connectivity index (χ2v) is 7.03. The number of ether oxygens (including phenoxy) is 1. The molecule has 2 aliphatic rings. The number of amides is 1. The molecule has 6 heteroatoms. The maximum Gasteiger partial charge on any atom is 0.276 e. The Morgan fingerprint density at radius 1 is 1.25 bits per heavy atom. The van der Waals surface area contributed by atoms with E-state index in [1.54, 1.807) is 17.9 Å². The molecule has 1 aromatic heterocycles. The standard InChI is InChI=1S/C18H20ClN3O2/c1-21-9-14(19)17(20-21)18(23)22-10-15(12-5-3-2-4-6-12)24-16(11-22)13-7-8-13/h2-6,9,13,15-16H,7-8,10-11H2,1H3/t15-,16+/m0/s1. The quantitative estimate of drug-likeness (QED) is 0.859. The Bertz CT molecular complexity index is 742. The zero-order valence-electron chi connectivity index (χ0n) is 13.6. The predicted molar refractivity (Wildman–Crippen MR) is 90.9 cm³/mol. The zero-order valence-corrected chi connectivity index (χ0v) is 14.3. The molecule has 2 heterocycles. The zero-order chi connectivity index (χ0) is 16.7. The van der Waals surface area contributed by atoms with Gasteiger partial charge in [-0.15, -0.1) is 0 Å². The molecule has 0 unspecified atom stereocenters. The highest BCUT2D eigenvalue weighted by Gasteiger charge is 2.40. The first-order chi connectivity index (χ1) is 11.6. The fourth-order valence-corrected chi connectivity index (χ4v) is 3.55. The lowest BCUT2D eigenvalue weighted by atomic mass is 10.0. The van der Waals surface area contributed by atoms with Crippen LogP contribution in [0.4, 0.5) is 0 Å². The first-order valence-electron chi connectivity index (χ1n) is 8.30. The molecule has 1 saturated carbocycles. The molecule has 1 aromatic carbocycles. The van der Waals surface area contributed by atoms with E-state index in [1.165, 1.54) is 12.8 Å². The van der Waals surface area contributed by atoms with Crippen molar-refractivity contribution in [1.29, 1.82) is 0 Å². The van der Waals surface area contributed by atoms with Crippen LogP contribution in [-0.2, 0) is 11.8 Å². The summed E-state index contributed by atoms with van der Waals surface area (Å²) in [6.45, 7) is 1.14. The van der Waals surface area contributed by atoms with E-state index >= 15 is 0 Å². The van der Waals surface area contributed by atoms with Crippen LogP contribution in [0.5, 0.6) is 0 Å². The van der Waals surface area contributed by atoms with Crippen molar-refractivity contribution in [1.82, 2.24) is 14.7 Å². The highest BCUT2D eigenvalue weighted by Crippen LogP contribution is 2.39. The van der Waals surface area contributed by atoms with Crippen LogP contribution < -0.4 is 0 Å². The highest BCUT2D eigenvalue weighted by molar-refractivity contribution is 6.33. The van der Waals surface area contributed by atoms with Gasteiger partial charge in [-0.1, -0.05) is 41.9 Å². The number of halogens is 1. The molecular formula is C18H20ClN3O2. The first-order valence-corrected chi connectivity index (χ1v) is 8.68. The lowest BCUT2D eigenvalue weighted by Gasteiger charge is -2.38. The maximum absolute atomic E-state index is 12.9. The minimum atomic E-state index is -0.115. The van der Waals surface area contributed by atoms with E-state index in [2.05, 4.69) is 17.2 Å². The Morgan fingerprint density at radius 2 is 2.00 bits per heavy atom. The van der Waals surface area contributed by atoms with Gasteiger partial charge in [0.2, 0.25) is 0 Å². The van der Waals surface area contributed by atoms with Gasteiger partial charge in [0.1, 0.15) is 6.10 Å². The number of carbonyl (C=O) groups is 1. The van der Waals surface area contributed by atoms with Crippen LogP contribution >= 0.6 is 11.6 Å². The normalized spacial score (nSPS) is 24.2. The van der Waals surface area contributed by atoms with E-state index in [0.29, 0.717) is 29.7 Å². The van der Waals surface area contributed by atoms with Crippen molar-refractivity contribution in [2.75, 3.05) is 13.1 Å². The number of carbonyl (C=O) groups excluding carboxylic acids is 1. The summed E-state index contributed by atoms with van der Waals surface area (Å²) in [5.74, 6) is 0.446. The molecular weight excluding hydrogens is 326 g/mol. The SMILES string of the molecule is Cn1cc(Cl)c(C(=O)N2C[C@@H](c3ccccc3)O[C@@H](C3CC3)C2)n1. The number of morpholine rings is 1. The summed E-state index contributed by atoms with van der Waals surface area (Å²) in [5.41, 5.74) is 1.43. The number of hydrogen-bond acceptors (Lipinski definition) is 3. The van der Waals surface area contributed by atoms with Gasteiger partial charge < -0.3 is 9.64 Å². The summed E-state index contributed by atoms with van der Waals surface area (Å²) >= 11 is 6.16. The number of aromatic nitrogens is 2. The van der Waals surface area contributed by atoms with Crippen LogP contribution in [0.1, 0.15) is 35.0 Å². The Labute approximate surface area is 146 Å². The van der Waals surface area contributed by atoms with Gasteiger partial charge in [0, 0.05) is 19.8 Å². The Hall–Kier alpha value is -1.85. The summed E-state index contributed by atoms with van der Waals surface area (Å²) in [7, 11) is 1.77. The number of rotatable bonds is 3. The van der Waals surface area contributed by atoms with Gasteiger partial charge in [0.05, 0.1) is 17.7 Å². The van der Waals surface area contributed by atoms with Crippen LogP contribution in [0.3, 0.4) is 0 Å². The van der Waals surface area contributed by atoms with E-state index in [0.717, 1.165) is 5.56 Å². The summed E-state index contributed by atoms with van der Waals surface area (Å²) in [4.78, 5) is 14.8. The van der Waals surface area contributed by atoms with Gasteiger partial charge in [-0.05, 0) is 24.3 Å². The summed E-state index contributed by atoms with van der Waals surface area (Å²) < 4.78 is 7.87. The predicted octanol–water partition coefficient (Wildman–Crippen LogP) is 3.07. The second kappa shape index (κ2) is 6.22. The largest absolute Gasteiger partial charge is 0.366 e. The van der Waals surface area contributed by atoms with Gasteiger partial charge in [-0.3, -0.25) is 9.48 Å². The molecule has 0 bridgehead atoms. The van der Waals surface area contributed by atoms with Crippen molar-refractivity contribution in [3.63, 3.8) is 0 Å². The fraction of sp³-hybridized carbons (Fsp3) is 0.444. The monoisotopic (exact) mass is 345 g/mol. The van der Waals surface area contributed by atoms with Crippen LogP contribution in [0.25, 0.3) is 0 Å². The van der Waals surface area contributed by atoms with E-state index in [1.807, 2.05) is 23.1 Å². The number of hydrogen-bond donors (Lipinski definition) is 0. The topological polar surface area (TPSA) is 47.4 Å². The lowest BCUT2D eigenvalue weighted by molar-refractivity contribution is -0.0865. The molecule has 1 saturated heterocycles. The third kappa shape index (κ3) is 3.06. The molecule has 0 radical (unpaired) electrons.